The number of halogens is 2. The van der Waals surface area contributed by atoms with Crippen molar-refractivity contribution in [1.29, 1.82) is 0 Å². The molecule has 0 saturated carbocycles. The molecule has 5 heteroatoms. The van der Waals surface area contributed by atoms with E-state index < -0.39 is 17.2 Å². The van der Waals surface area contributed by atoms with Gasteiger partial charge in [0.25, 0.3) is 0 Å². The van der Waals surface area contributed by atoms with Crippen LogP contribution < -0.4 is 0 Å². The number of hydrogen-bond donors (Lipinski definition) is 0. The van der Waals surface area contributed by atoms with Gasteiger partial charge in [-0.1, -0.05) is 20.8 Å². The second-order valence-electron chi connectivity index (χ2n) is 4.32. The number of rotatable bonds is 0. The molecule has 0 spiro atoms. The van der Waals surface area contributed by atoms with Gasteiger partial charge in [-0.2, -0.15) is 4.42 Å². The summed E-state index contributed by atoms with van der Waals surface area (Å²) in [5.41, 5.74) is -0.672. The molecule has 0 bridgehead atoms. The molecule has 0 aliphatic carbocycles. The molecule has 1 fully saturated rings. The first-order valence-corrected chi connectivity index (χ1v) is 5.23. The molecule has 0 N–H and O–H groups in total. The van der Waals surface area contributed by atoms with Gasteiger partial charge in [0, 0.05) is 22.6 Å². The van der Waals surface area contributed by atoms with E-state index in [4.69, 9.17) is 23.4 Å². The molecule has 2 atom stereocenters. The Bertz CT molecular complexity index is 278. The van der Waals surface area contributed by atoms with Crippen LogP contribution in [0.2, 0.25) is 0 Å². The zero-order valence-corrected chi connectivity index (χ0v) is 9.89. The van der Waals surface area contributed by atoms with Crippen molar-refractivity contribution < 1.29 is 9.59 Å². The van der Waals surface area contributed by atoms with E-state index in [9.17, 15) is 9.59 Å². The van der Waals surface area contributed by atoms with Gasteiger partial charge in [0.1, 0.15) is 0 Å². The molecule has 0 aromatic rings. The second kappa shape index (κ2) is 3.70. The molecule has 1 rings (SSSR count). The molecule has 0 aromatic carbocycles. The number of amides is 2. The number of nitrogens with zero attached hydrogens (tertiary/aromatic N) is 1. The smallest absolute Gasteiger partial charge is 0.249 e. The fourth-order valence-electron chi connectivity index (χ4n) is 1.45. The second-order valence-corrected chi connectivity index (χ2v) is 5.22. The first-order chi connectivity index (χ1) is 6.27. The summed E-state index contributed by atoms with van der Waals surface area (Å²) < 4.78 is 0.674. The van der Waals surface area contributed by atoms with E-state index in [2.05, 4.69) is 0 Å². The van der Waals surface area contributed by atoms with Gasteiger partial charge in [-0.15, -0.1) is 11.6 Å². The Morgan fingerprint density at radius 1 is 1.43 bits per heavy atom. The van der Waals surface area contributed by atoms with Crippen molar-refractivity contribution in [3.05, 3.63) is 0 Å². The average molecular weight is 238 g/mol. The fourth-order valence-corrected chi connectivity index (χ4v) is 2.33. The number of carbonyl (C=O) groups is 2. The van der Waals surface area contributed by atoms with Gasteiger partial charge >= 0.3 is 0 Å². The van der Waals surface area contributed by atoms with Crippen molar-refractivity contribution in [2.45, 2.75) is 32.6 Å². The zero-order valence-electron chi connectivity index (χ0n) is 8.38. The van der Waals surface area contributed by atoms with Crippen LogP contribution in [0.1, 0.15) is 27.2 Å². The van der Waals surface area contributed by atoms with Crippen LogP contribution in [0, 0.1) is 11.3 Å². The lowest BCUT2D eigenvalue weighted by Crippen LogP contribution is -2.37. The topological polar surface area (TPSA) is 37.4 Å². The zero-order chi connectivity index (χ0) is 11.1. The molecule has 1 heterocycles. The Morgan fingerprint density at radius 3 is 2.43 bits per heavy atom. The molecule has 14 heavy (non-hydrogen) atoms. The van der Waals surface area contributed by atoms with Gasteiger partial charge in [-0.25, -0.2) is 0 Å². The van der Waals surface area contributed by atoms with Crippen molar-refractivity contribution in [2.75, 3.05) is 0 Å². The van der Waals surface area contributed by atoms with Crippen LogP contribution in [0.5, 0.6) is 0 Å². The number of imide groups is 1. The third-order valence-corrected chi connectivity index (χ3v) is 3.44. The molecule has 2 unspecified atom stereocenters. The lowest BCUT2D eigenvalue weighted by Gasteiger charge is -2.23. The Hall–Kier alpha value is -0.280. The molecule has 80 valence electrons. The number of alkyl halides is 1. The molecule has 0 radical (unpaired) electrons. The summed E-state index contributed by atoms with van der Waals surface area (Å²) in [5.74, 6) is -1.21. The lowest BCUT2D eigenvalue weighted by atomic mass is 9.86. The van der Waals surface area contributed by atoms with Gasteiger partial charge in [0.2, 0.25) is 11.8 Å². The number of hydrogen-bond acceptors (Lipinski definition) is 2. The van der Waals surface area contributed by atoms with E-state index in [0.29, 0.717) is 10.8 Å². The Morgan fingerprint density at radius 2 is 1.93 bits per heavy atom. The number of carbonyl (C=O) groups excluding carboxylic acids is 2. The first-order valence-electron chi connectivity index (χ1n) is 4.45. The standard InChI is InChI=1S/C9H13Cl2NO2/c1-5-6(10)4-9(2,3)8(14)12(11)7(5)13/h5-6H,4H2,1-3H3. The van der Waals surface area contributed by atoms with Crippen molar-refractivity contribution in [3.63, 3.8) is 0 Å². The Labute approximate surface area is 93.5 Å². The highest BCUT2D eigenvalue weighted by atomic mass is 35.5. The van der Waals surface area contributed by atoms with Crippen LogP contribution in [-0.4, -0.2) is 21.6 Å². The molecular weight excluding hydrogens is 225 g/mol. The van der Waals surface area contributed by atoms with Gasteiger partial charge in [-0.05, 0) is 6.42 Å². The highest BCUT2D eigenvalue weighted by Gasteiger charge is 2.44. The molecule has 1 aliphatic rings. The summed E-state index contributed by atoms with van der Waals surface area (Å²) >= 11 is 11.7. The van der Waals surface area contributed by atoms with E-state index in [-0.39, 0.29) is 11.3 Å². The largest absolute Gasteiger partial charge is 0.273 e. The van der Waals surface area contributed by atoms with Gasteiger partial charge < -0.3 is 0 Å². The molecular formula is C9H13Cl2NO2. The minimum absolute atomic E-state index is 0.342. The SMILES string of the molecule is CC1C(=O)N(Cl)C(=O)C(C)(C)CC1Cl. The monoisotopic (exact) mass is 237 g/mol. The lowest BCUT2D eigenvalue weighted by molar-refractivity contribution is -0.143. The highest BCUT2D eigenvalue weighted by Crippen LogP contribution is 2.35. The van der Waals surface area contributed by atoms with Crippen LogP contribution in [0.15, 0.2) is 0 Å². The minimum Gasteiger partial charge on any atom is -0.273 e. The highest BCUT2D eigenvalue weighted by molar-refractivity contribution is 6.32. The summed E-state index contributed by atoms with van der Waals surface area (Å²) in [6.45, 7) is 5.17. The molecule has 3 nitrogen and oxygen atoms in total. The van der Waals surface area contributed by atoms with Crippen molar-refractivity contribution >= 4 is 35.2 Å². The fraction of sp³-hybridized carbons (Fsp3) is 0.778. The minimum atomic E-state index is -0.672. The normalized spacial score (nSPS) is 33.1. The van der Waals surface area contributed by atoms with Crippen LogP contribution in [-0.2, 0) is 9.59 Å². The molecule has 1 saturated heterocycles. The summed E-state index contributed by atoms with van der Waals surface area (Å²) in [6, 6.07) is 0. The van der Waals surface area contributed by atoms with E-state index in [0.717, 1.165) is 0 Å². The van der Waals surface area contributed by atoms with Crippen LogP contribution in [0.25, 0.3) is 0 Å². The summed E-state index contributed by atoms with van der Waals surface area (Å²) in [5, 5.41) is -0.342. The van der Waals surface area contributed by atoms with Crippen LogP contribution in [0.4, 0.5) is 0 Å². The van der Waals surface area contributed by atoms with Crippen molar-refractivity contribution in [3.8, 4) is 0 Å². The summed E-state index contributed by atoms with van der Waals surface area (Å²) in [7, 11) is 0. The summed E-state index contributed by atoms with van der Waals surface area (Å²) in [6.07, 6.45) is 0.462. The van der Waals surface area contributed by atoms with Crippen molar-refractivity contribution in [2.24, 2.45) is 11.3 Å². The maximum absolute atomic E-state index is 11.7. The third-order valence-electron chi connectivity index (χ3n) is 2.59. The average Bonchev–Trinajstić information content (AvgIpc) is 2.14. The maximum atomic E-state index is 11.7. The van der Waals surface area contributed by atoms with Gasteiger partial charge in [0.15, 0.2) is 0 Å². The van der Waals surface area contributed by atoms with E-state index in [1.54, 1.807) is 20.8 Å². The summed E-state index contributed by atoms with van der Waals surface area (Å²) in [4.78, 5) is 23.2. The predicted molar refractivity (Wildman–Crippen MR) is 54.9 cm³/mol. The van der Waals surface area contributed by atoms with E-state index >= 15 is 0 Å². The van der Waals surface area contributed by atoms with Gasteiger partial charge in [0.05, 0.1) is 5.92 Å². The van der Waals surface area contributed by atoms with Crippen molar-refractivity contribution in [1.82, 2.24) is 4.42 Å². The third kappa shape index (κ3) is 1.89. The first kappa shape index (κ1) is 11.8. The van der Waals surface area contributed by atoms with Crippen LogP contribution in [0.3, 0.4) is 0 Å². The quantitative estimate of drug-likeness (QED) is 0.368. The maximum Gasteiger partial charge on any atom is 0.249 e. The molecule has 2 amide bonds. The Balaban J connectivity index is 3.06. The van der Waals surface area contributed by atoms with Crippen LogP contribution >= 0.6 is 23.4 Å². The van der Waals surface area contributed by atoms with E-state index in [1.165, 1.54) is 0 Å². The molecule has 1 aliphatic heterocycles. The van der Waals surface area contributed by atoms with E-state index in [1.807, 2.05) is 0 Å². The molecule has 0 aromatic heterocycles. The predicted octanol–water partition coefficient (Wildman–Crippen LogP) is 2.17. The van der Waals surface area contributed by atoms with Gasteiger partial charge in [-0.3, -0.25) is 9.59 Å². The Kier molecular flexibility index (Phi) is 3.12.